The van der Waals surface area contributed by atoms with Crippen molar-refractivity contribution >= 4 is 11.9 Å². The number of rotatable bonds is 5. The maximum atomic E-state index is 12.6. The average molecular weight is 297 g/mol. The molecule has 1 aliphatic rings. The van der Waals surface area contributed by atoms with Crippen molar-refractivity contribution in [1.29, 1.82) is 0 Å². The van der Waals surface area contributed by atoms with Gasteiger partial charge in [0, 0.05) is 19.7 Å². The zero-order valence-corrected chi connectivity index (χ0v) is 11.4. The quantitative estimate of drug-likeness (QED) is 0.719. The number of esters is 1. The van der Waals surface area contributed by atoms with Crippen molar-refractivity contribution in [2.45, 2.75) is 32.0 Å². The van der Waals surface area contributed by atoms with E-state index in [-0.39, 0.29) is 13.1 Å². The van der Waals surface area contributed by atoms with Crippen LogP contribution in [0.2, 0.25) is 0 Å². The zero-order chi connectivity index (χ0) is 15.3. The van der Waals surface area contributed by atoms with Gasteiger partial charge in [0.15, 0.2) is 0 Å². The summed E-state index contributed by atoms with van der Waals surface area (Å²) in [6.07, 6.45) is -4.01. The molecule has 20 heavy (non-hydrogen) atoms. The van der Waals surface area contributed by atoms with Gasteiger partial charge in [-0.2, -0.15) is 13.2 Å². The molecule has 1 fully saturated rings. The number of carbonyl (C=O) groups excluding carboxylic acids is 2. The molecule has 0 aromatic rings. The van der Waals surface area contributed by atoms with Crippen LogP contribution in [0.15, 0.2) is 0 Å². The van der Waals surface area contributed by atoms with Gasteiger partial charge in [0.25, 0.3) is 0 Å². The van der Waals surface area contributed by atoms with E-state index < -0.39 is 30.1 Å². The molecule has 1 rings (SSSR count). The molecule has 0 aromatic carbocycles. The lowest BCUT2D eigenvalue weighted by molar-refractivity contribution is -0.187. The van der Waals surface area contributed by atoms with E-state index in [1.807, 2.05) is 0 Å². The van der Waals surface area contributed by atoms with E-state index in [0.717, 1.165) is 13.5 Å². The van der Waals surface area contributed by atoms with Crippen LogP contribution in [0.25, 0.3) is 0 Å². The van der Waals surface area contributed by atoms with Gasteiger partial charge in [0.1, 0.15) is 0 Å². The Morgan fingerprint density at radius 2 is 2.10 bits per heavy atom. The Morgan fingerprint density at radius 3 is 2.55 bits per heavy atom. The van der Waals surface area contributed by atoms with Gasteiger partial charge in [0.2, 0.25) is 0 Å². The molecule has 1 heterocycles. The third-order valence-electron chi connectivity index (χ3n) is 3.08. The van der Waals surface area contributed by atoms with Crippen LogP contribution in [0.5, 0.6) is 0 Å². The highest BCUT2D eigenvalue weighted by atomic mass is 19.4. The van der Waals surface area contributed by atoms with Crippen molar-refractivity contribution in [3.8, 4) is 0 Å². The molecule has 0 spiro atoms. The van der Waals surface area contributed by atoms with Gasteiger partial charge in [-0.1, -0.05) is 6.92 Å². The van der Waals surface area contributed by atoms with Crippen molar-refractivity contribution in [3.05, 3.63) is 0 Å². The standard InChI is InChI=1S/C12H18F3NO4/c1-8(10(17)19-2)6-16(11(18)12(13,14)15)7-9-4-3-5-20-9/h8-9H,3-7H2,1-2H3. The number of methoxy groups -OCH3 is 1. The average Bonchev–Trinajstić information content (AvgIpc) is 2.87. The molecule has 2 atom stereocenters. The molecule has 0 radical (unpaired) electrons. The highest BCUT2D eigenvalue weighted by Crippen LogP contribution is 2.22. The van der Waals surface area contributed by atoms with Crippen LogP contribution in [0.1, 0.15) is 19.8 Å². The van der Waals surface area contributed by atoms with Crippen LogP contribution in [-0.2, 0) is 19.1 Å². The second-order valence-corrected chi connectivity index (χ2v) is 4.77. The summed E-state index contributed by atoms with van der Waals surface area (Å²) in [5.41, 5.74) is 0. The largest absolute Gasteiger partial charge is 0.471 e. The Morgan fingerprint density at radius 1 is 1.45 bits per heavy atom. The molecular weight excluding hydrogens is 279 g/mol. The lowest BCUT2D eigenvalue weighted by Crippen LogP contribution is -2.47. The molecule has 5 nitrogen and oxygen atoms in total. The fraction of sp³-hybridized carbons (Fsp3) is 0.833. The highest BCUT2D eigenvalue weighted by Gasteiger charge is 2.43. The highest BCUT2D eigenvalue weighted by molar-refractivity contribution is 5.82. The van der Waals surface area contributed by atoms with Crippen LogP contribution < -0.4 is 0 Å². The molecule has 0 saturated carbocycles. The first-order valence-electron chi connectivity index (χ1n) is 6.31. The minimum absolute atomic E-state index is 0.167. The Kier molecular flexibility index (Phi) is 5.79. The number of hydrogen-bond acceptors (Lipinski definition) is 4. The second kappa shape index (κ2) is 6.92. The van der Waals surface area contributed by atoms with E-state index in [2.05, 4.69) is 4.74 Å². The smallest absolute Gasteiger partial charge is 0.469 e. The number of carbonyl (C=O) groups is 2. The minimum Gasteiger partial charge on any atom is -0.469 e. The van der Waals surface area contributed by atoms with Gasteiger partial charge < -0.3 is 14.4 Å². The first kappa shape index (κ1) is 16.7. The number of amides is 1. The van der Waals surface area contributed by atoms with Crippen LogP contribution in [0.3, 0.4) is 0 Å². The van der Waals surface area contributed by atoms with Gasteiger partial charge >= 0.3 is 18.1 Å². The van der Waals surface area contributed by atoms with Crippen LogP contribution >= 0.6 is 0 Å². The molecule has 0 aliphatic carbocycles. The topological polar surface area (TPSA) is 55.8 Å². The third kappa shape index (κ3) is 4.66. The predicted molar refractivity (Wildman–Crippen MR) is 62.8 cm³/mol. The SMILES string of the molecule is COC(=O)C(C)CN(CC1CCCO1)C(=O)C(F)(F)F. The molecule has 1 saturated heterocycles. The lowest BCUT2D eigenvalue weighted by Gasteiger charge is -2.28. The van der Waals surface area contributed by atoms with Gasteiger partial charge in [0.05, 0.1) is 19.1 Å². The first-order valence-corrected chi connectivity index (χ1v) is 6.31. The van der Waals surface area contributed by atoms with Crippen LogP contribution in [-0.4, -0.2) is 55.9 Å². The van der Waals surface area contributed by atoms with E-state index in [1.165, 1.54) is 6.92 Å². The number of halogens is 3. The van der Waals surface area contributed by atoms with Crippen molar-refractivity contribution < 1.29 is 32.2 Å². The molecule has 0 bridgehead atoms. The summed E-state index contributed by atoms with van der Waals surface area (Å²) in [5, 5.41) is 0. The van der Waals surface area contributed by atoms with Crippen molar-refractivity contribution in [3.63, 3.8) is 0 Å². The van der Waals surface area contributed by atoms with E-state index in [9.17, 15) is 22.8 Å². The van der Waals surface area contributed by atoms with Crippen molar-refractivity contribution in [2.24, 2.45) is 5.92 Å². The molecular formula is C12H18F3NO4. The Hall–Kier alpha value is -1.31. The minimum atomic E-state index is -4.96. The molecule has 0 N–H and O–H groups in total. The van der Waals surface area contributed by atoms with Crippen LogP contribution in [0, 0.1) is 5.92 Å². The fourth-order valence-corrected chi connectivity index (χ4v) is 2.06. The number of nitrogens with zero attached hydrogens (tertiary/aromatic N) is 1. The van der Waals surface area contributed by atoms with Gasteiger partial charge in [-0.25, -0.2) is 0 Å². The molecule has 116 valence electrons. The van der Waals surface area contributed by atoms with Gasteiger partial charge in [-0.3, -0.25) is 9.59 Å². The number of alkyl halides is 3. The summed E-state index contributed by atoms with van der Waals surface area (Å²) in [6, 6.07) is 0. The summed E-state index contributed by atoms with van der Waals surface area (Å²) in [6.45, 7) is 1.38. The fourth-order valence-electron chi connectivity index (χ4n) is 2.06. The molecule has 1 amide bonds. The Labute approximate surface area is 115 Å². The summed E-state index contributed by atoms with van der Waals surface area (Å²) in [5.74, 6) is -3.44. The predicted octanol–water partition coefficient (Wildman–Crippen LogP) is 1.37. The monoisotopic (exact) mass is 297 g/mol. The zero-order valence-electron chi connectivity index (χ0n) is 11.4. The second-order valence-electron chi connectivity index (χ2n) is 4.77. The first-order chi connectivity index (χ1) is 9.25. The molecule has 2 unspecified atom stereocenters. The lowest BCUT2D eigenvalue weighted by atomic mass is 10.1. The maximum absolute atomic E-state index is 12.6. The summed E-state index contributed by atoms with van der Waals surface area (Å²) in [7, 11) is 1.15. The van der Waals surface area contributed by atoms with E-state index >= 15 is 0 Å². The van der Waals surface area contributed by atoms with E-state index in [4.69, 9.17) is 4.74 Å². The van der Waals surface area contributed by atoms with Gasteiger partial charge in [-0.15, -0.1) is 0 Å². The van der Waals surface area contributed by atoms with E-state index in [0.29, 0.717) is 17.9 Å². The summed E-state index contributed by atoms with van der Waals surface area (Å²) >= 11 is 0. The van der Waals surface area contributed by atoms with Crippen LogP contribution in [0.4, 0.5) is 13.2 Å². The van der Waals surface area contributed by atoms with Crippen molar-refractivity contribution in [1.82, 2.24) is 4.90 Å². The number of ether oxygens (including phenoxy) is 2. The maximum Gasteiger partial charge on any atom is 0.471 e. The molecule has 0 aromatic heterocycles. The normalized spacial score (nSPS) is 20.6. The molecule has 8 heteroatoms. The molecule has 1 aliphatic heterocycles. The third-order valence-corrected chi connectivity index (χ3v) is 3.08. The van der Waals surface area contributed by atoms with E-state index in [1.54, 1.807) is 0 Å². The number of hydrogen-bond donors (Lipinski definition) is 0. The summed E-state index contributed by atoms with van der Waals surface area (Å²) < 4.78 is 47.4. The van der Waals surface area contributed by atoms with Crippen molar-refractivity contribution in [2.75, 3.05) is 26.8 Å². The Bertz CT molecular complexity index is 353. The van der Waals surface area contributed by atoms with Gasteiger partial charge in [-0.05, 0) is 12.8 Å². The Balaban J connectivity index is 2.72. The summed E-state index contributed by atoms with van der Waals surface area (Å²) in [4.78, 5) is 23.3.